The third-order valence-corrected chi connectivity index (χ3v) is 7.97. The van der Waals surface area contributed by atoms with Gasteiger partial charge >= 0.3 is 7.19 Å². The van der Waals surface area contributed by atoms with Gasteiger partial charge in [0.05, 0.1) is 0 Å². The molecule has 4 bridgehead atoms. The number of rotatable bonds is 2. The molecule has 9 rings (SSSR count). The van der Waals surface area contributed by atoms with Crippen molar-refractivity contribution in [3.05, 3.63) is 123 Å². The minimum Gasteiger partial charge on any atom is -0.518 e. The molecule has 224 valence electrons. The zero-order valence-corrected chi connectivity index (χ0v) is 22.4. The molecule has 3 aliphatic rings. The molecule has 0 saturated carbocycles. The predicted octanol–water partition coefficient (Wildman–Crippen LogP) is 5.91. The Morgan fingerprint density at radius 2 is 0.935 bits per heavy atom. The summed E-state index contributed by atoms with van der Waals surface area (Å²) in [6, 6.07) is 7.79. The van der Waals surface area contributed by atoms with Crippen LogP contribution in [0.5, 0.6) is 5.75 Å². The highest BCUT2D eigenvalue weighted by molar-refractivity contribution is 6.52. The topological polar surface area (TPSA) is 68.5 Å². The lowest BCUT2D eigenvalue weighted by Gasteiger charge is -2.23. The second kappa shape index (κ2) is 8.90. The molecule has 0 fully saturated rings. The summed E-state index contributed by atoms with van der Waals surface area (Å²) >= 11 is 0. The number of hydrogen-bond acceptors (Lipinski definition) is 5. The van der Waals surface area contributed by atoms with Crippen molar-refractivity contribution in [3.63, 3.8) is 0 Å². The van der Waals surface area contributed by atoms with Crippen LogP contribution in [0.1, 0.15) is 11.1 Å². The molecule has 4 aromatic carbocycles. The van der Waals surface area contributed by atoms with E-state index in [1.807, 2.05) is 0 Å². The average Bonchev–Trinajstić information content (AvgIpc) is 3.60. The molecule has 3 aliphatic heterocycles. The van der Waals surface area contributed by atoms with E-state index in [0.29, 0.717) is 0 Å². The van der Waals surface area contributed by atoms with E-state index in [1.165, 1.54) is 0 Å². The summed E-state index contributed by atoms with van der Waals surface area (Å²) in [6.45, 7) is 0. The van der Waals surface area contributed by atoms with Gasteiger partial charge in [-0.1, -0.05) is 6.07 Å². The zero-order valence-electron chi connectivity index (χ0n) is 22.4. The first-order chi connectivity index (χ1) is 22.1. The van der Waals surface area contributed by atoms with Gasteiger partial charge in [0.15, 0.2) is 64.0 Å². The molecule has 16 heteroatoms. The molecule has 2 aromatic heterocycles. The molecule has 46 heavy (non-hydrogen) atoms. The zero-order chi connectivity index (χ0) is 31.8. The van der Waals surface area contributed by atoms with Gasteiger partial charge in [0, 0.05) is 32.7 Å². The SMILES string of the molecule is Fc1cc2c(cc1F)C1=Nc3c4cc(F)c(F)cc4c4n3B(Oc3c(F)cccc3F)n3c(c5cc(F)c(F)cc5c3=N4)=NC2=N1. The first kappa shape index (κ1) is 26.6. The van der Waals surface area contributed by atoms with Gasteiger partial charge in [-0.15, -0.1) is 0 Å². The Kier molecular flexibility index (Phi) is 5.14. The fourth-order valence-corrected chi connectivity index (χ4v) is 5.96. The molecule has 0 aliphatic carbocycles. The van der Waals surface area contributed by atoms with Crippen molar-refractivity contribution in [3.8, 4) is 5.75 Å². The fourth-order valence-electron chi connectivity index (χ4n) is 5.96. The van der Waals surface area contributed by atoms with Crippen molar-refractivity contribution < 1.29 is 39.8 Å². The molecule has 5 heterocycles. The number of aliphatic imine (C=N–C) groups is 2. The second-order valence-corrected chi connectivity index (χ2v) is 10.6. The average molecular weight is 632 g/mol. The van der Waals surface area contributed by atoms with Gasteiger partial charge in [-0.05, 0) is 48.5 Å². The Bertz CT molecular complexity index is 2610. The minimum atomic E-state index is -1.75. The van der Waals surface area contributed by atoms with Gasteiger partial charge in [0.2, 0.25) is 0 Å². The van der Waals surface area contributed by atoms with Crippen molar-refractivity contribution in [2.24, 2.45) is 20.0 Å². The minimum absolute atomic E-state index is 0.0433. The van der Waals surface area contributed by atoms with Gasteiger partial charge in [0.1, 0.15) is 22.6 Å². The van der Waals surface area contributed by atoms with Gasteiger partial charge in [-0.2, -0.15) is 0 Å². The lowest BCUT2D eigenvalue weighted by Crippen LogP contribution is -2.52. The van der Waals surface area contributed by atoms with Crippen molar-refractivity contribution in [2.75, 3.05) is 0 Å². The van der Waals surface area contributed by atoms with Gasteiger partial charge in [-0.25, -0.2) is 55.1 Å². The molecule has 0 atom stereocenters. The van der Waals surface area contributed by atoms with Crippen molar-refractivity contribution in [1.29, 1.82) is 0 Å². The number of hydrogen-bond donors (Lipinski definition) is 0. The summed E-state index contributed by atoms with van der Waals surface area (Å²) < 4.78 is 126. The fraction of sp³-hybridized carbons (Fsp3) is 0. The van der Waals surface area contributed by atoms with E-state index in [0.717, 1.165) is 63.6 Å². The largest absolute Gasteiger partial charge is 0.633 e. The summed E-state index contributed by atoms with van der Waals surface area (Å²) in [4.78, 5) is 17.9. The molecule has 0 amide bonds. The number of fused-ring (bicyclic) bond motifs is 10. The van der Waals surface area contributed by atoms with Crippen LogP contribution in [0.2, 0.25) is 0 Å². The summed E-state index contributed by atoms with van der Waals surface area (Å²) in [6.07, 6.45) is 0. The van der Waals surface area contributed by atoms with E-state index in [-0.39, 0.29) is 67.0 Å². The van der Waals surface area contributed by atoms with Crippen molar-refractivity contribution in [2.45, 2.75) is 0 Å². The van der Waals surface area contributed by atoms with Gasteiger partial charge < -0.3 is 4.65 Å². The van der Waals surface area contributed by atoms with Crippen molar-refractivity contribution in [1.82, 2.24) is 8.96 Å². The highest BCUT2D eigenvalue weighted by Crippen LogP contribution is 2.42. The van der Waals surface area contributed by atoms with E-state index in [2.05, 4.69) is 20.0 Å². The van der Waals surface area contributed by atoms with E-state index < -0.39 is 59.5 Å². The first-order valence-electron chi connectivity index (χ1n) is 13.4. The van der Waals surface area contributed by atoms with Crippen LogP contribution in [0, 0.1) is 46.5 Å². The monoisotopic (exact) mass is 632 g/mol. The molecule has 6 aromatic rings. The van der Waals surface area contributed by atoms with Crippen LogP contribution in [0.15, 0.2) is 74.6 Å². The highest BCUT2D eigenvalue weighted by atomic mass is 19.2. The smallest absolute Gasteiger partial charge is 0.518 e. The predicted molar refractivity (Wildman–Crippen MR) is 148 cm³/mol. The molecule has 7 nitrogen and oxygen atoms in total. The Hall–Kier alpha value is -5.80. The number of aromatic nitrogens is 2. The summed E-state index contributed by atoms with van der Waals surface area (Å²) in [5.74, 6) is -11.7. The first-order valence-corrected chi connectivity index (χ1v) is 13.4. The van der Waals surface area contributed by atoms with Crippen molar-refractivity contribution >= 4 is 52.0 Å². The molecule has 0 N–H and O–H groups in total. The number of benzene rings is 4. The summed E-state index contributed by atoms with van der Waals surface area (Å²) in [7, 11) is -1.75. The Morgan fingerprint density at radius 3 is 1.50 bits per heavy atom. The third-order valence-electron chi connectivity index (χ3n) is 7.97. The maximum atomic E-state index is 15.1. The quantitative estimate of drug-likeness (QED) is 0.173. The number of amidine groups is 2. The van der Waals surface area contributed by atoms with Crippen LogP contribution in [0.3, 0.4) is 0 Å². The lowest BCUT2D eigenvalue weighted by molar-refractivity contribution is 0.441. The second-order valence-electron chi connectivity index (χ2n) is 10.6. The van der Waals surface area contributed by atoms with Crippen LogP contribution in [-0.4, -0.2) is 27.8 Å². The third kappa shape index (κ3) is 3.43. The standard InChI is InChI=1S/C30H9BF8N6O/c32-16-2-1-3-17(33)24(16)46-31-44-27-12-6-20(36)22(38)8-14(12)29(44)43-30-15-9-23(39)21(37)7-13(15)28(45(30)31)42-26-11-5-19(35)18(34)4-10(11)25(40-26)41-27/h1-9H. The van der Waals surface area contributed by atoms with Crippen LogP contribution in [-0.2, 0) is 0 Å². The van der Waals surface area contributed by atoms with E-state index in [1.54, 1.807) is 0 Å². The molecule has 0 unspecified atom stereocenters. The summed E-state index contributed by atoms with van der Waals surface area (Å²) in [5, 5.41) is -0.275. The summed E-state index contributed by atoms with van der Waals surface area (Å²) in [5.41, 5.74) is -0.498. The number of para-hydroxylation sites is 1. The van der Waals surface area contributed by atoms with Gasteiger partial charge in [0.25, 0.3) is 0 Å². The molecule has 0 radical (unpaired) electrons. The van der Waals surface area contributed by atoms with Crippen LogP contribution in [0.25, 0.3) is 21.5 Å². The molecule has 0 spiro atoms. The molecular weight excluding hydrogens is 623 g/mol. The Balaban J connectivity index is 1.53. The lowest BCUT2D eigenvalue weighted by atomic mass is 9.98. The van der Waals surface area contributed by atoms with E-state index in [4.69, 9.17) is 4.65 Å². The number of nitrogens with zero attached hydrogens (tertiary/aromatic N) is 6. The van der Waals surface area contributed by atoms with E-state index in [9.17, 15) is 26.3 Å². The Labute approximate surface area is 249 Å². The van der Waals surface area contributed by atoms with Crippen LogP contribution < -0.4 is 15.6 Å². The number of halogens is 8. The molecular formula is C30H9BF8N6O. The highest BCUT2D eigenvalue weighted by Gasteiger charge is 2.41. The van der Waals surface area contributed by atoms with Crippen LogP contribution >= 0.6 is 0 Å². The Morgan fingerprint density at radius 1 is 0.478 bits per heavy atom. The normalized spacial score (nSPS) is 14.2. The maximum Gasteiger partial charge on any atom is 0.633 e. The van der Waals surface area contributed by atoms with E-state index >= 15 is 8.78 Å². The van der Waals surface area contributed by atoms with Gasteiger partial charge in [-0.3, -0.25) is 8.96 Å². The molecule has 0 saturated heterocycles. The maximum absolute atomic E-state index is 15.1. The van der Waals surface area contributed by atoms with Crippen LogP contribution in [0.4, 0.5) is 46.8 Å².